The van der Waals surface area contributed by atoms with Crippen molar-refractivity contribution >= 4 is 28.8 Å². The highest BCUT2D eigenvalue weighted by molar-refractivity contribution is 5.92. The van der Waals surface area contributed by atoms with Crippen LogP contribution in [0.5, 0.6) is 0 Å². The van der Waals surface area contributed by atoms with Gasteiger partial charge >= 0.3 is 0 Å². The Morgan fingerprint density at radius 2 is 1.48 bits per heavy atom. The summed E-state index contributed by atoms with van der Waals surface area (Å²) in [5.74, 6) is 50.7. The molecule has 4 rings (SSSR count). The minimum absolute atomic E-state index is 0. The van der Waals surface area contributed by atoms with Crippen molar-refractivity contribution in [3.8, 4) is 107 Å². The van der Waals surface area contributed by atoms with Crippen LogP contribution in [0, 0.1) is 123 Å². The van der Waals surface area contributed by atoms with Gasteiger partial charge in [-0.25, -0.2) is 4.98 Å². The van der Waals surface area contributed by atoms with E-state index in [-0.39, 0.29) is 30.4 Å². The standard InChI is InChI=1S/C20H25N5O2.C20H6.H3N5O2.9H2/c1-19(2)10-11-20(3,27-19)12-16(26)24-18-22-14-8-9-15(21-4)23-17(14)25(18)13-6-5-7-13;1-3-5-7-9-11-13-15-17-19-20-18-16-14-12-10-8-6-4-2;1-2-3-4-5(6)7;;;;;;;;;/h8-9,13H,5-7,10-12H2,1-3H3,(H,22,24,26);1-2H3;(H2,1,3)(H,2,4);9*1H. The van der Waals surface area contributed by atoms with Gasteiger partial charge in [0.05, 0.1) is 27.9 Å². The fourth-order valence-corrected chi connectivity index (χ4v) is 4.70. The molecule has 1 atom stereocenters. The molecule has 2 fully saturated rings. The minimum atomic E-state index is -0.879. The van der Waals surface area contributed by atoms with E-state index in [9.17, 15) is 14.9 Å². The van der Waals surface area contributed by atoms with Crippen molar-refractivity contribution in [3.05, 3.63) is 33.7 Å². The summed E-state index contributed by atoms with van der Waals surface area (Å²) < 4.78 is 8.10. The summed E-state index contributed by atoms with van der Waals surface area (Å²) >= 11 is 0. The van der Waals surface area contributed by atoms with Gasteiger partial charge in [-0.05, 0) is 174 Å². The first-order valence-corrected chi connectivity index (χ1v) is 16.1. The number of nitrogens with one attached hydrogen (secondary N) is 2. The quantitative estimate of drug-likeness (QED) is 0.0735. The number of imidazole rings is 1. The number of nitrogens with two attached hydrogens (primary N) is 1. The summed E-state index contributed by atoms with van der Waals surface area (Å²) in [7, 11) is 0. The summed E-state index contributed by atoms with van der Waals surface area (Å²) in [6, 6.07) is 3.73. The Kier molecular flexibility index (Phi) is 17.9. The van der Waals surface area contributed by atoms with Gasteiger partial charge in [0, 0.05) is 24.4 Å². The Balaban J connectivity index is -0.000000127. The summed E-state index contributed by atoms with van der Waals surface area (Å²) in [6.07, 6.45) is 5.33. The van der Waals surface area contributed by atoms with E-state index in [1.54, 1.807) is 26.0 Å². The number of hydrogen-bond donors (Lipinski definition) is 3. The van der Waals surface area contributed by atoms with Crippen molar-refractivity contribution in [3.63, 3.8) is 0 Å². The van der Waals surface area contributed by atoms with Crippen molar-refractivity contribution in [2.45, 2.75) is 90.4 Å². The molecule has 2 aromatic rings. The number of nitro groups is 1. The van der Waals surface area contributed by atoms with Gasteiger partial charge in [0.15, 0.2) is 5.22 Å². The van der Waals surface area contributed by atoms with E-state index < -0.39 is 10.6 Å². The predicted molar refractivity (Wildman–Crippen MR) is 222 cm³/mol. The Hall–Kier alpha value is -7.82. The molecule has 286 valence electrons. The molecule has 2 aromatic heterocycles. The molecule has 1 saturated carbocycles. The van der Waals surface area contributed by atoms with Crippen molar-refractivity contribution in [2.75, 3.05) is 5.32 Å². The fourth-order valence-electron chi connectivity index (χ4n) is 4.70. The largest absolute Gasteiger partial charge is 0.369 e. The number of nitrogens with zero attached hydrogens (tertiary/aromatic N) is 7. The maximum atomic E-state index is 12.8. The number of ether oxygens (including phenoxy) is 1. The van der Waals surface area contributed by atoms with E-state index >= 15 is 0 Å². The molecule has 1 aliphatic heterocycles. The van der Waals surface area contributed by atoms with Crippen LogP contribution in [-0.4, -0.2) is 36.7 Å². The Labute approximate surface area is 328 Å². The zero-order valence-electron chi connectivity index (χ0n) is 30.3. The second-order valence-electron chi connectivity index (χ2n) is 11.6. The van der Waals surface area contributed by atoms with E-state index in [1.165, 1.54) is 5.53 Å². The van der Waals surface area contributed by atoms with Crippen LogP contribution in [0.3, 0.4) is 0 Å². The molecule has 0 radical (unpaired) electrons. The third-order valence-corrected chi connectivity index (χ3v) is 7.01. The maximum absolute atomic E-state index is 12.8. The molecular formula is C40H52N10O4. The van der Waals surface area contributed by atoms with Crippen LogP contribution in [0.15, 0.2) is 22.6 Å². The predicted octanol–water partition coefficient (Wildman–Crippen LogP) is 6.66. The molecule has 1 unspecified atom stereocenters. The molecule has 0 bridgehead atoms. The molecule has 3 heterocycles. The van der Waals surface area contributed by atoms with E-state index in [0.717, 1.165) is 32.1 Å². The van der Waals surface area contributed by atoms with Gasteiger partial charge in [-0.1, -0.05) is 23.4 Å². The van der Waals surface area contributed by atoms with Crippen molar-refractivity contribution < 1.29 is 27.4 Å². The molecule has 14 heteroatoms. The molecular weight excluding hydrogens is 685 g/mol. The van der Waals surface area contributed by atoms with Crippen molar-refractivity contribution in [1.29, 1.82) is 0 Å². The lowest BCUT2D eigenvalue weighted by Crippen LogP contribution is -2.34. The summed E-state index contributed by atoms with van der Waals surface area (Å²) in [5, 5.41) is 16.5. The highest BCUT2D eigenvalue weighted by Gasteiger charge is 2.42. The first kappa shape index (κ1) is 42.3. The second-order valence-corrected chi connectivity index (χ2v) is 11.6. The monoisotopic (exact) mass is 736 g/mol. The van der Waals surface area contributed by atoms with Crippen LogP contribution in [0.1, 0.15) is 92.0 Å². The van der Waals surface area contributed by atoms with Gasteiger partial charge in [-0.3, -0.25) is 20.5 Å². The number of hydrogen-bond acceptors (Lipinski definition) is 8. The molecule has 0 aromatic carbocycles. The molecule has 1 amide bonds. The van der Waals surface area contributed by atoms with Gasteiger partial charge < -0.3 is 19.7 Å². The Bertz CT molecular complexity index is 2340. The SMILES string of the molecule is CC#CC#CC#CC#CC#CC#CC#CC#CC#CC.NN=NN[N+](=O)[O-].[C-]#[N+]c1ccc2nc(NC(=O)CC3(C)CCC(C)(C)O3)n(C3CCC3)c2n1.[HH].[HH].[HH].[HH].[HH].[HH].[HH].[HH].[HH]. The van der Waals surface area contributed by atoms with Gasteiger partial charge in [0.25, 0.3) is 11.5 Å². The average molecular weight is 737 g/mol. The fraction of sp³-hybridized carbons (Fsp3) is 0.350. The number of amides is 1. The molecule has 1 aliphatic carbocycles. The van der Waals surface area contributed by atoms with E-state index in [2.05, 4.69) is 157 Å². The summed E-state index contributed by atoms with van der Waals surface area (Å²) in [5.41, 5.74) is 2.09. The normalized spacial score (nSPS) is 14.9. The molecule has 1 saturated heterocycles. The van der Waals surface area contributed by atoms with Crippen LogP contribution in [-0.2, 0) is 9.53 Å². The smallest absolute Gasteiger partial charge is 0.271 e. The zero-order valence-corrected chi connectivity index (χ0v) is 30.3. The van der Waals surface area contributed by atoms with Crippen LogP contribution in [0.25, 0.3) is 16.0 Å². The lowest BCUT2D eigenvalue weighted by molar-refractivity contribution is -0.546. The van der Waals surface area contributed by atoms with E-state index in [4.69, 9.17) is 11.3 Å². The summed E-state index contributed by atoms with van der Waals surface area (Å²) in [6.45, 7) is 16.7. The third-order valence-electron chi connectivity index (χ3n) is 7.01. The van der Waals surface area contributed by atoms with Gasteiger partial charge in [0.2, 0.25) is 11.9 Å². The first-order chi connectivity index (χ1) is 26.0. The molecule has 0 spiro atoms. The van der Waals surface area contributed by atoms with E-state index in [1.807, 2.05) is 11.5 Å². The Morgan fingerprint density at radius 3 is 1.85 bits per heavy atom. The van der Waals surface area contributed by atoms with Gasteiger partial charge in [-0.2, -0.15) is 0 Å². The van der Waals surface area contributed by atoms with Crippen molar-refractivity contribution in [2.24, 2.45) is 16.3 Å². The van der Waals surface area contributed by atoms with Crippen LogP contribution < -0.4 is 16.7 Å². The van der Waals surface area contributed by atoms with Crippen LogP contribution >= 0.6 is 0 Å². The maximum Gasteiger partial charge on any atom is 0.271 e. The van der Waals surface area contributed by atoms with Gasteiger partial charge in [0.1, 0.15) is 5.52 Å². The van der Waals surface area contributed by atoms with E-state index in [0.29, 0.717) is 29.4 Å². The lowest BCUT2D eigenvalue weighted by Gasteiger charge is -2.29. The number of carbonyl (C=O) groups excluding carboxylic acids is 1. The van der Waals surface area contributed by atoms with Crippen LogP contribution in [0.4, 0.5) is 11.8 Å². The van der Waals surface area contributed by atoms with Crippen molar-refractivity contribution in [1.82, 2.24) is 20.1 Å². The molecule has 54 heavy (non-hydrogen) atoms. The average Bonchev–Trinajstić information content (AvgIpc) is 3.60. The number of aromatic nitrogens is 3. The number of anilines is 1. The second kappa shape index (κ2) is 22.8. The van der Waals surface area contributed by atoms with Crippen LogP contribution in [0.2, 0.25) is 0 Å². The number of pyridine rings is 1. The van der Waals surface area contributed by atoms with Gasteiger partial charge in [-0.15, -0.1) is 0 Å². The topological polar surface area (TPSA) is 179 Å². The number of fused-ring (bicyclic) bond motifs is 1. The first-order valence-electron chi connectivity index (χ1n) is 16.1. The highest BCUT2D eigenvalue weighted by Crippen LogP contribution is 2.40. The number of rotatable bonds is 6. The minimum Gasteiger partial charge on any atom is -0.369 e. The molecule has 2 aliphatic rings. The zero-order chi connectivity index (χ0) is 39.7. The highest BCUT2D eigenvalue weighted by atomic mass is 16.7. The Morgan fingerprint density at radius 1 is 0.963 bits per heavy atom. The summed E-state index contributed by atoms with van der Waals surface area (Å²) in [4.78, 5) is 34.4. The number of carbonyl (C=O) groups is 1. The number of hydrazine groups is 1. The third kappa shape index (κ3) is 15.8. The lowest BCUT2D eigenvalue weighted by atomic mass is 9.93. The molecule has 14 nitrogen and oxygen atoms in total. The molecule has 4 N–H and O–H groups in total.